The van der Waals surface area contributed by atoms with Gasteiger partial charge in [0.15, 0.2) is 0 Å². The topological polar surface area (TPSA) is 29.1 Å². The Hall–Kier alpha value is -1.31. The van der Waals surface area contributed by atoms with Gasteiger partial charge in [-0.05, 0) is 18.1 Å². The number of nitrogens with one attached hydrogen (secondary N) is 1. The monoisotopic (exact) mass is 189 g/mol. The normalized spacial score (nSPS) is 20.1. The van der Waals surface area contributed by atoms with Gasteiger partial charge in [0.05, 0.1) is 0 Å². The lowest BCUT2D eigenvalue weighted by Gasteiger charge is -2.25. The summed E-state index contributed by atoms with van der Waals surface area (Å²) in [5, 5.41) is 2.93. The van der Waals surface area contributed by atoms with Crippen LogP contribution in [-0.2, 0) is 0 Å². The summed E-state index contributed by atoms with van der Waals surface area (Å²) in [5.41, 5.74) is 2.08. The van der Waals surface area contributed by atoms with Crippen LogP contribution in [-0.4, -0.2) is 12.5 Å². The Kier molecular flexibility index (Phi) is 2.53. The fourth-order valence-electron chi connectivity index (χ4n) is 2.09. The maximum Gasteiger partial charge on any atom is 0.251 e. The number of amides is 1. The molecule has 2 heteroatoms. The second kappa shape index (κ2) is 3.82. The molecule has 1 amide bonds. The molecule has 0 aromatic heterocycles. The zero-order valence-corrected chi connectivity index (χ0v) is 8.42. The molecule has 0 saturated carbocycles. The number of hydrogen-bond acceptors (Lipinski definition) is 1. The Morgan fingerprint density at radius 2 is 2.21 bits per heavy atom. The highest BCUT2D eigenvalue weighted by Crippen LogP contribution is 2.27. The highest BCUT2D eigenvalue weighted by molar-refractivity contribution is 5.97. The fourth-order valence-corrected chi connectivity index (χ4v) is 2.09. The summed E-state index contributed by atoms with van der Waals surface area (Å²) in [5.74, 6) is 0.585. The van der Waals surface area contributed by atoms with E-state index in [2.05, 4.69) is 18.3 Å². The molecule has 1 heterocycles. The van der Waals surface area contributed by atoms with E-state index in [1.165, 1.54) is 5.56 Å². The molecule has 0 aliphatic carbocycles. The van der Waals surface area contributed by atoms with Crippen LogP contribution >= 0.6 is 0 Å². The number of rotatable bonds is 2. The minimum absolute atomic E-state index is 0.0768. The van der Waals surface area contributed by atoms with Crippen LogP contribution in [0.2, 0.25) is 0 Å². The summed E-state index contributed by atoms with van der Waals surface area (Å²) >= 11 is 0. The molecule has 1 aromatic rings. The minimum atomic E-state index is 0.0768. The molecule has 2 nitrogen and oxygen atoms in total. The van der Waals surface area contributed by atoms with Gasteiger partial charge in [0, 0.05) is 18.0 Å². The third-order valence-corrected chi connectivity index (χ3v) is 2.79. The molecule has 1 aliphatic rings. The second-order valence-electron chi connectivity index (χ2n) is 3.78. The SMILES string of the molecule is CCCC1CNC(=O)c2ccccc21. The maximum atomic E-state index is 11.5. The van der Waals surface area contributed by atoms with Crippen molar-refractivity contribution >= 4 is 5.91 Å². The van der Waals surface area contributed by atoms with Gasteiger partial charge in [-0.15, -0.1) is 0 Å². The van der Waals surface area contributed by atoms with E-state index in [0.717, 1.165) is 24.9 Å². The average Bonchev–Trinajstić information content (AvgIpc) is 2.23. The van der Waals surface area contributed by atoms with E-state index >= 15 is 0 Å². The van der Waals surface area contributed by atoms with Crippen molar-refractivity contribution in [2.45, 2.75) is 25.7 Å². The van der Waals surface area contributed by atoms with Crippen LogP contribution in [0.3, 0.4) is 0 Å². The van der Waals surface area contributed by atoms with Crippen molar-refractivity contribution in [2.24, 2.45) is 0 Å². The zero-order chi connectivity index (χ0) is 9.97. The third kappa shape index (κ3) is 1.52. The summed E-state index contributed by atoms with van der Waals surface area (Å²) in [6.45, 7) is 2.97. The molecule has 0 spiro atoms. The zero-order valence-electron chi connectivity index (χ0n) is 8.42. The lowest BCUT2D eigenvalue weighted by Crippen LogP contribution is -2.34. The predicted octanol–water partition coefficient (Wildman–Crippen LogP) is 2.31. The van der Waals surface area contributed by atoms with Gasteiger partial charge >= 0.3 is 0 Å². The van der Waals surface area contributed by atoms with Crippen molar-refractivity contribution in [3.63, 3.8) is 0 Å². The highest BCUT2D eigenvalue weighted by atomic mass is 16.1. The van der Waals surface area contributed by atoms with Crippen LogP contribution in [0.15, 0.2) is 24.3 Å². The Labute approximate surface area is 84.3 Å². The number of benzene rings is 1. The minimum Gasteiger partial charge on any atom is -0.351 e. The molecule has 2 rings (SSSR count). The molecule has 1 aromatic carbocycles. The van der Waals surface area contributed by atoms with Gasteiger partial charge in [0.2, 0.25) is 0 Å². The number of hydrogen-bond donors (Lipinski definition) is 1. The van der Waals surface area contributed by atoms with Gasteiger partial charge in [0.25, 0.3) is 5.91 Å². The molecule has 74 valence electrons. The van der Waals surface area contributed by atoms with E-state index < -0.39 is 0 Å². The van der Waals surface area contributed by atoms with Crippen LogP contribution < -0.4 is 5.32 Å². The Morgan fingerprint density at radius 1 is 1.43 bits per heavy atom. The van der Waals surface area contributed by atoms with Gasteiger partial charge in [-0.25, -0.2) is 0 Å². The summed E-state index contributed by atoms with van der Waals surface area (Å²) in [4.78, 5) is 11.5. The molecule has 0 bridgehead atoms. The second-order valence-corrected chi connectivity index (χ2v) is 3.78. The van der Waals surface area contributed by atoms with Gasteiger partial charge in [-0.3, -0.25) is 4.79 Å². The van der Waals surface area contributed by atoms with Gasteiger partial charge in [-0.2, -0.15) is 0 Å². The fraction of sp³-hybridized carbons (Fsp3) is 0.417. The standard InChI is InChI=1S/C12H15NO/c1-2-5-9-8-13-12(14)11-7-4-3-6-10(9)11/h3-4,6-7,9H,2,5,8H2,1H3,(H,13,14). The summed E-state index contributed by atoms with van der Waals surface area (Å²) < 4.78 is 0. The molecule has 14 heavy (non-hydrogen) atoms. The van der Waals surface area contributed by atoms with Crippen LogP contribution in [0.1, 0.15) is 41.6 Å². The van der Waals surface area contributed by atoms with Gasteiger partial charge in [-0.1, -0.05) is 31.5 Å². The van der Waals surface area contributed by atoms with E-state index in [4.69, 9.17) is 0 Å². The van der Waals surface area contributed by atoms with Crippen molar-refractivity contribution in [1.82, 2.24) is 5.32 Å². The van der Waals surface area contributed by atoms with Crippen LogP contribution in [0.25, 0.3) is 0 Å². The van der Waals surface area contributed by atoms with Crippen LogP contribution in [0.5, 0.6) is 0 Å². The molecule has 0 radical (unpaired) electrons. The molecular weight excluding hydrogens is 174 g/mol. The Bertz CT molecular complexity index is 346. The van der Waals surface area contributed by atoms with Crippen molar-refractivity contribution in [3.8, 4) is 0 Å². The van der Waals surface area contributed by atoms with Crippen LogP contribution in [0.4, 0.5) is 0 Å². The lowest BCUT2D eigenvalue weighted by atomic mass is 9.87. The first-order valence-electron chi connectivity index (χ1n) is 5.20. The van der Waals surface area contributed by atoms with Crippen molar-refractivity contribution in [2.75, 3.05) is 6.54 Å². The van der Waals surface area contributed by atoms with E-state index in [0.29, 0.717) is 5.92 Å². The van der Waals surface area contributed by atoms with Crippen molar-refractivity contribution in [3.05, 3.63) is 35.4 Å². The van der Waals surface area contributed by atoms with Gasteiger partial charge < -0.3 is 5.32 Å². The van der Waals surface area contributed by atoms with Crippen LogP contribution in [0, 0.1) is 0 Å². The first kappa shape index (κ1) is 9.25. The number of carbonyl (C=O) groups excluding carboxylic acids is 1. The van der Waals surface area contributed by atoms with E-state index in [-0.39, 0.29) is 5.91 Å². The molecule has 1 unspecified atom stereocenters. The number of carbonyl (C=O) groups is 1. The highest BCUT2D eigenvalue weighted by Gasteiger charge is 2.23. The molecular formula is C12H15NO. The smallest absolute Gasteiger partial charge is 0.251 e. The lowest BCUT2D eigenvalue weighted by molar-refractivity contribution is 0.0939. The quantitative estimate of drug-likeness (QED) is 0.760. The predicted molar refractivity (Wildman–Crippen MR) is 56.4 cm³/mol. The Balaban J connectivity index is 2.36. The molecule has 0 fully saturated rings. The van der Waals surface area contributed by atoms with Crippen molar-refractivity contribution in [1.29, 1.82) is 0 Å². The first-order chi connectivity index (χ1) is 6.83. The van der Waals surface area contributed by atoms with Crippen molar-refractivity contribution < 1.29 is 4.79 Å². The van der Waals surface area contributed by atoms with E-state index in [9.17, 15) is 4.79 Å². The summed E-state index contributed by atoms with van der Waals surface area (Å²) in [7, 11) is 0. The molecule has 0 saturated heterocycles. The number of fused-ring (bicyclic) bond motifs is 1. The summed E-state index contributed by atoms with van der Waals surface area (Å²) in [6, 6.07) is 7.92. The molecule has 1 atom stereocenters. The third-order valence-electron chi connectivity index (χ3n) is 2.79. The first-order valence-corrected chi connectivity index (χ1v) is 5.20. The van der Waals surface area contributed by atoms with E-state index in [1.54, 1.807) is 0 Å². The Morgan fingerprint density at radius 3 is 3.00 bits per heavy atom. The molecule has 1 N–H and O–H groups in total. The molecule has 1 aliphatic heterocycles. The largest absolute Gasteiger partial charge is 0.351 e. The summed E-state index contributed by atoms with van der Waals surface area (Å²) in [6.07, 6.45) is 2.31. The average molecular weight is 189 g/mol. The maximum absolute atomic E-state index is 11.5. The van der Waals surface area contributed by atoms with Gasteiger partial charge in [0.1, 0.15) is 0 Å². The van der Waals surface area contributed by atoms with E-state index in [1.807, 2.05) is 18.2 Å².